The normalized spacial score (nSPS) is 11.9. The van der Waals surface area contributed by atoms with Gasteiger partial charge in [0.2, 0.25) is 0 Å². The van der Waals surface area contributed by atoms with Crippen molar-refractivity contribution >= 4 is 16.5 Å². The second-order valence-electron chi connectivity index (χ2n) is 5.90. The third-order valence-electron chi connectivity index (χ3n) is 3.10. The van der Waals surface area contributed by atoms with Crippen LogP contribution >= 0.6 is 11.3 Å². The minimum absolute atomic E-state index is 0.135. The van der Waals surface area contributed by atoms with Gasteiger partial charge in [-0.2, -0.15) is 0 Å². The summed E-state index contributed by atoms with van der Waals surface area (Å²) in [4.78, 5) is 8.44. The van der Waals surface area contributed by atoms with Crippen molar-refractivity contribution in [1.82, 2.24) is 10.3 Å². The first-order chi connectivity index (χ1) is 9.41. The zero-order chi connectivity index (χ0) is 15.2. The highest BCUT2D eigenvalue weighted by Crippen LogP contribution is 2.27. The monoisotopic (exact) mass is 299 g/mol. The van der Waals surface area contributed by atoms with E-state index in [4.69, 9.17) is 9.72 Å². The number of thiazole rings is 1. The fraction of sp³-hybridized carbons (Fsp3) is 0.800. The lowest BCUT2D eigenvalue weighted by Crippen LogP contribution is -2.35. The standard InChI is InChI=1S/C15H29N3OS/c1-7-12-13(11-16-15(3,4)5)20-14(17-12)18(8-2)9-10-19-6/h16H,7-11H2,1-6H3. The Labute approximate surface area is 127 Å². The maximum atomic E-state index is 5.17. The van der Waals surface area contributed by atoms with Crippen LogP contribution in [0.4, 0.5) is 5.13 Å². The molecule has 116 valence electrons. The van der Waals surface area contributed by atoms with Gasteiger partial charge in [0.1, 0.15) is 0 Å². The molecule has 0 fully saturated rings. The number of aryl methyl sites for hydroxylation is 1. The molecule has 1 rings (SSSR count). The number of likely N-dealkylation sites (N-methyl/N-ethyl adjacent to an activating group) is 1. The number of hydrogen-bond donors (Lipinski definition) is 1. The van der Waals surface area contributed by atoms with Crippen LogP contribution in [0.1, 0.15) is 45.2 Å². The predicted molar refractivity (Wildman–Crippen MR) is 87.8 cm³/mol. The van der Waals surface area contributed by atoms with Gasteiger partial charge in [-0.3, -0.25) is 0 Å². The van der Waals surface area contributed by atoms with Crippen LogP contribution in [0, 0.1) is 0 Å². The molecule has 1 aromatic heterocycles. The van der Waals surface area contributed by atoms with Crippen LogP contribution < -0.4 is 10.2 Å². The quantitative estimate of drug-likeness (QED) is 0.800. The summed E-state index contributed by atoms with van der Waals surface area (Å²) in [5.74, 6) is 0. The van der Waals surface area contributed by atoms with E-state index in [9.17, 15) is 0 Å². The summed E-state index contributed by atoms with van der Waals surface area (Å²) in [5.41, 5.74) is 1.35. The molecule has 0 unspecified atom stereocenters. The summed E-state index contributed by atoms with van der Waals surface area (Å²) in [6.07, 6.45) is 0.986. The SMILES string of the molecule is CCc1nc(N(CC)CCOC)sc1CNC(C)(C)C. The fourth-order valence-corrected chi connectivity index (χ4v) is 3.03. The van der Waals surface area contributed by atoms with Gasteiger partial charge in [0.05, 0.1) is 12.3 Å². The molecule has 0 aliphatic heterocycles. The van der Waals surface area contributed by atoms with Crippen LogP contribution in [0.15, 0.2) is 0 Å². The fourth-order valence-electron chi connectivity index (χ4n) is 1.86. The molecule has 5 heteroatoms. The number of hydrogen-bond acceptors (Lipinski definition) is 5. The first-order valence-electron chi connectivity index (χ1n) is 7.38. The Morgan fingerprint density at radius 3 is 2.50 bits per heavy atom. The molecule has 0 spiro atoms. The summed E-state index contributed by atoms with van der Waals surface area (Å²) in [6, 6.07) is 0. The Morgan fingerprint density at radius 2 is 2.00 bits per heavy atom. The third kappa shape index (κ3) is 5.38. The molecular weight excluding hydrogens is 270 g/mol. The van der Waals surface area contributed by atoms with Crippen molar-refractivity contribution in [2.75, 3.05) is 31.7 Å². The van der Waals surface area contributed by atoms with E-state index in [1.165, 1.54) is 10.6 Å². The lowest BCUT2D eigenvalue weighted by atomic mass is 10.1. The average molecular weight is 299 g/mol. The molecule has 0 bridgehead atoms. The van der Waals surface area contributed by atoms with Crippen LogP contribution in [0.25, 0.3) is 0 Å². The van der Waals surface area contributed by atoms with E-state index in [-0.39, 0.29) is 5.54 Å². The number of anilines is 1. The van der Waals surface area contributed by atoms with Gasteiger partial charge in [0, 0.05) is 37.2 Å². The molecule has 0 atom stereocenters. The van der Waals surface area contributed by atoms with Crippen LogP contribution in [-0.2, 0) is 17.7 Å². The molecule has 4 nitrogen and oxygen atoms in total. The second-order valence-corrected chi connectivity index (χ2v) is 6.96. The third-order valence-corrected chi connectivity index (χ3v) is 4.26. The largest absolute Gasteiger partial charge is 0.383 e. The highest BCUT2D eigenvalue weighted by molar-refractivity contribution is 7.15. The summed E-state index contributed by atoms with van der Waals surface area (Å²) in [5, 5.41) is 4.67. The van der Waals surface area contributed by atoms with Crippen molar-refractivity contribution < 1.29 is 4.74 Å². The van der Waals surface area contributed by atoms with E-state index in [2.05, 4.69) is 44.8 Å². The Hall–Kier alpha value is -0.650. The Morgan fingerprint density at radius 1 is 1.30 bits per heavy atom. The summed E-state index contributed by atoms with van der Waals surface area (Å²) in [7, 11) is 1.74. The zero-order valence-electron chi connectivity index (χ0n) is 13.7. The molecule has 0 aliphatic rings. The van der Waals surface area contributed by atoms with Crippen LogP contribution in [0.5, 0.6) is 0 Å². The average Bonchev–Trinajstić information content (AvgIpc) is 2.80. The predicted octanol–water partition coefficient (Wildman–Crippen LogP) is 3.07. The van der Waals surface area contributed by atoms with E-state index in [1.807, 2.05) is 0 Å². The minimum Gasteiger partial charge on any atom is -0.383 e. The topological polar surface area (TPSA) is 37.4 Å². The highest BCUT2D eigenvalue weighted by Gasteiger charge is 2.16. The zero-order valence-corrected chi connectivity index (χ0v) is 14.6. The van der Waals surface area contributed by atoms with Crippen molar-refractivity contribution in [2.45, 2.75) is 53.1 Å². The van der Waals surface area contributed by atoms with Crippen molar-refractivity contribution in [3.8, 4) is 0 Å². The summed E-state index contributed by atoms with van der Waals surface area (Å²) in [6.45, 7) is 14.4. The van der Waals surface area contributed by atoms with Crippen molar-refractivity contribution in [3.05, 3.63) is 10.6 Å². The lowest BCUT2D eigenvalue weighted by Gasteiger charge is -2.20. The molecule has 0 amide bonds. The number of nitrogens with zero attached hydrogens (tertiary/aromatic N) is 2. The van der Waals surface area contributed by atoms with E-state index in [1.54, 1.807) is 18.4 Å². The Bertz CT molecular complexity index is 398. The maximum absolute atomic E-state index is 5.17. The highest BCUT2D eigenvalue weighted by atomic mass is 32.1. The Kier molecular flexibility index (Phi) is 6.92. The van der Waals surface area contributed by atoms with Crippen LogP contribution in [0.2, 0.25) is 0 Å². The van der Waals surface area contributed by atoms with Gasteiger partial charge in [-0.05, 0) is 34.1 Å². The molecule has 0 aromatic carbocycles. The molecule has 1 aromatic rings. The van der Waals surface area contributed by atoms with Gasteiger partial charge in [-0.25, -0.2) is 4.98 Å². The molecule has 1 heterocycles. The first-order valence-corrected chi connectivity index (χ1v) is 8.20. The second kappa shape index (κ2) is 7.96. The van der Waals surface area contributed by atoms with Gasteiger partial charge in [-0.15, -0.1) is 11.3 Å². The molecule has 20 heavy (non-hydrogen) atoms. The number of nitrogens with one attached hydrogen (secondary N) is 1. The van der Waals surface area contributed by atoms with E-state index >= 15 is 0 Å². The lowest BCUT2D eigenvalue weighted by molar-refractivity contribution is 0.205. The molecule has 0 aliphatic carbocycles. The molecule has 1 N–H and O–H groups in total. The summed E-state index contributed by atoms with van der Waals surface area (Å²) < 4.78 is 5.17. The molecule has 0 saturated heterocycles. The van der Waals surface area contributed by atoms with E-state index < -0.39 is 0 Å². The van der Waals surface area contributed by atoms with Gasteiger partial charge < -0.3 is 15.0 Å². The number of rotatable bonds is 8. The maximum Gasteiger partial charge on any atom is 0.185 e. The number of ether oxygens (including phenoxy) is 1. The molecule has 0 radical (unpaired) electrons. The smallest absolute Gasteiger partial charge is 0.185 e. The van der Waals surface area contributed by atoms with Gasteiger partial charge in [0.15, 0.2) is 5.13 Å². The number of aromatic nitrogens is 1. The van der Waals surface area contributed by atoms with Crippen molar-refractivity contribution in [1.29, 1.82) is 0 Å². The molecule has 0 saturated carbocycles. The number of methoxy groups -OCH3 is 1. The van der Waals surface area contributed by atoms with Gasteiger partial charge in [-0.1, -0.05) is 6.92 Å². The first kappa shape index (κ1) is 17.4. The summed E-state index contributed by atoms with van der Waals surface area (Å²) >= 11 is 1.80. The van der Waals surface area contributed by atoms with E-state index in [0.717, 1.165) is 37.8 Å². The van der Waals surface area contributed by atoms with Gasteiger partial charge in [0.25, 0.3) is 0 Å². The van der Waals surface area contributed by atoms with Crippen molar-refractivity contribution in [3.63, 3.8) is 0 Å². The van der Waals surface area contributed by atoms with Crippen molar-refractivity contribution in [2.24, 2.45) is 0 Å². The van der Waals surface area contributed by atoms with Crippen LogP contribution in [-0.4, -0.2) is 37.3 Å². The van der Waals surface area contributed by atoms with Gasteiger partial charge >= 0.3 is 0 Å². The van der Waals surface area contributed by atoms with Crippen LogP contribution in [0.3, 0.4) is 0 Å². The minimum atomic E-state index is 0.135. The Balaban J connectivity index is 2.81. The molecular formula is C15H29N3OS. The van der Waals surface area contributed by atoms with E-state index in [0.29, 0.717) is 0 Å².